The second-order valence-electron chi connectivity index (χ2n) is 7.37. The fourth-order valence-electron chi connectivity index (χ4n) is 2.69. The van der Waals surface area contributed by atoms with E-state index in [0.717, 1.165) is 26.1 Å². The number of amides is 2. The van der Waals surface area contributed by atoms with Crippen molar-refractivity contribution >= 4 is 17.9 Å². The van der Waals surface area contributed by atoms with E-state index in [1.54, 1.807) is 4.90 Å². The third-order valence-corrected chi connectivity index (χ3v) is 4.13. The number of piperazine rings is 1. The van der Waals surface area contributed by atoms with Gasteiger partial charge in [0.05, 0.1) is 7.11 Å². The van der Waals surface area contributed by atoms with Crippen LogP contribution in [0.4, 0.5) is 15.3 Å². The van der Waals surface area contributed by atoms with Gasteiger partial charge in [-0.15, -0.1) is 0 Å². The summed E-state index contributed by atoms with van der Waals surface area (Å²) >= 11 is 0. The molecule has 1 aromatic carbocycles. The number of rotatable bonds is 4. The van der Waals surface area contributed by atoms with Gasteiger partial charge in [0.2, 0.25) is 0 Å². The van der Waals surface area contributed by atoms with Crippen molar-refractivity contribution in [2.75, 3.05) is 45.2 Å². The number of ether oxygens (including phenoxy) is 2. The molecule has 1 aromatic rings. The van der Waals surface area contributed by atoms with Crippen LogP contribution in [0.5, 0.6) is 0 Å². The summed E-state index contributed by atoms with van der Waals surface area (Å²) in [4.78, 5) is 27.4. The number of carbonyl (C=O) groups excluding carboxylic acids is 2. The SMILES string of the molecule is COC(=O)Nc1ccc(CCN2CCN(C(=O)OC(C)(C)C)CC2)cc1. The van der Waals surface area contributed by atoms with Crippen LogP contribution in [0.2, 0.25) is 0 Å². The molecule has 1 aliphatic rings. The first-order valence-corrected chi connectivity index (χ1v) is 8.91. The van der Waals surface area contributed by atoms with Gasteiger partial charge in [-0.25, -0.2) is 9.59 Å². The number of anilines is 1. The zero-order chi connectivity index (χ0) is 19.2. The van der Waals surface area contributed by atoms with Crippen LogP contribution in [0.1, 0.15) is 26.3 Å². The summed E-state index contributed by atoms with van der Waals surface area (Å²) in [5, 5.41) is 2.63. The van der Waals surface area contributed by atoms with Crippen molar-refractivity contribution in [1.82, 2.24) is 9.80 Å². The molecular weight excluding hydrogens is 334 g/mol. The summed E-state index contributed by atoms with van der Waals surface area (Å²) in [6.45, 7) is 9.66. The molecule has 2 amide bonds. The summed E-state index contributed by atoms with van der Waals surface area (Å²) in [6, 6.07) is 7.74. The van der Waals surface area contributed by atoms with Gasteiger partial charge in [-0.1, -0.05) is 12.1 Å². The van der Waals surface area contributed by atoms with Gasteiger partial charge >= 0.3 is 12.2 Å². The molecule has 0 aliphatic carbocycles. The molecule has 0 bridgehead atoms. The largest absolute Gasteiger partial charge is 0.453 e. The van der Waals surface area contributed by atoms with Crippen molar-refractivity contribution in [3.8, 4) is 0 Å². The summed E-state index contributed by atoms with van der Waals surface area (Å²) in [7, 11) is 1.34. The van der Waals surface area contributed by atoms with Gasteiger partial charge in [-0.3, -0.25) is 10.2 Å². The first-order valence-electron chi connectivity index (χ1n) is 8.91. The molecule has 7 heteroatoms. The Balaban J connectivity index is 1.73. The van der Waals surface area contributed by atoms with Crippen molar-refractivity contribution in [3.05, 3.63) is 29.8 Å². The molecule has 2 rings (SSSR count). The fourth-order valence-corrected chi connectivity index (χ4v) is 2.69. The molecule has 7 nitrogen and oxygen atoms in total. The third kappa shape index (κ3) is 6.55. The molecule has 1 heterocycles. The topological polar surface area (TPSA) is 71.1 Å². The number of hydrogen-bond donors (Lipinski definition) is 1. The molecular formula is C19H29N3O4. The smallest absolute Gasteiger partial charge is 0.411 e. The van der Waals surface area contributed by atoms with Crippen LogP contribution in [0, 0.1) is 0 Å². The van der Waals surface area contributed by atoms with Crippen molar-refractivity contribution in [2.24, 2.45) is 0 Å². The maximum Gasteiger partial charge on any atom is 0.411 e. The number of nitrogens with zero attached hydrogens (tertiary/aromatic N) is 2. The van der Waals surface area contributed by atoms with Crippen LogP contribution >= 0.6 is 0 Å². The van der Waals surface area contributed by atoms with E-state index in [9.17, 15) is 9.59 Å². The molecule has 0 spiro atoms. The Morgan fingerprint density at radius 1 is 1.08 bits per heavy atom. The molecule has 0 saturated carbocycles. The molecule has 1 saturated heterocycles. The van der Waals surface area contributed by atoms with E-state index < -0.39 is 11.7 Å². The highest BCUT2D eigenvalue weighted by Gasteiger charge is 2.25. The quantitative estimate of drug-likeness (QED) is 0.890. The lowest BCUT2D eigenvalue weighted by Gasteiger charge is -2.35. The Morgan fingerprint density at radius 2 is 1.69 bits per heavy atom. The van der Waals surface area contributed by atoms with Gasteiger partial charge in [0, 0.05) is 38.4 Å². The van der Waals surface area contributed by atoms with Crippen LogP contribution in [0.25, 0.3) is 0 Å². The van der Waals surface area contributed by atoms with Crippen LogP contribution in [0.15, 0.2) is 24.3 Å². The predicted molar refractivity (Wildman–Crippen MR) is 100 cm³/mol. The van der Waals surface area contributed by atoms with Crippen molar-refractivity contribution in [3.63, 3.8) is 0 Å². The average Bonchev–Trinajstić information content (AvgIpc) is 2.60. The Hall–Kier alpha value is -2.28. The number of carbonyl (C=O) groups is 2. The van der Waals surface area contributed by atoms with Crippen molar-refractivity contribution in [2.45, 2.75) is 32.8 Å². The standard InChI is InChI=1S/C19H29N3O4/c1-19(2,3)26-18(24)22-13-11-21(12-14-22)10-9-15-5-7-16(8-6-15)20-17(23)25-4/h5-8H,9-14H2,1-4H3,(H,20,23). The highest BCUT2D eigenvalue weighted by molar-refractivity contribution is 5.84. The summed E-state index contributed by atoms with van der Waals surface area (Å²) in [5.74, 6) is 0. The minimum Gasteiger partial charge on any atom is -0.453 e. The lowest BCUT2D eigenvalue weighted by molar-refractivity contribution is 0.0146. The molecule has 1 N–H and O–H groups in total. The Kier molecular flexibility index (Phi) is 6.85. The molecule has 0 atom stereocenters. The van der Waals surface area contributed by atoms with Crippen molar-refractivity contribution in [1.29, 1.82) is 0 Å². The number of hydrogen-bond acceptors (Lipinski definition) is 5. The first-order chi connectivity index (χ1) is 12.3. The number of benzene rings is 1. The predicted octanol–water partition coefficient (Wildman–Crippen LogP) is 2.96. The fraction of sp³-hybridized carbons (Fsp3) is 0.579. The van der Waals surface area contributed by atoms with Gasteiger partial charge in [0.1, 0.15) is 5.60 Å². The van der Waals surface area contributed by atoms with E-state index >= 15 is 0 Å². The lowest BCUT2D eigenvalue weighted by atomic mass is 10.1. The molecule has 0 radical (unpaired) electrons. The maximum atomic E-state index is 12.1. The Morgan fingerprint density at radius 3 is 2.23 bits per heavy atom. The third-order valence-electron chi connectivity index (χ3n) is 4.13. The molecule has 0 aromatic heterocycles. The summed E-state index contributed by atoms with van der Waals surface area (Å²) in [6.07, 6.45) is 0.219. The molecule has 1 aliphatic heterocycles. The van der Waals surface area contributed by atoms with E-state index in [2.05, 4.69) is 15.0 Å². The van der Waals surface area contributed by atoms with E-state index in [-0.39, 0.29) is 6.09 Å². The molecule has 0 unspecified atom stereocenters. The zero-order valence-corrected chi connectivity index (χ0v) is 16.1. The van der Waals surface area contributed by atoms with Crippen molar-refractivity contribution < 1.29 is 19.1 Å². The van der Waals surface area contributed by atoms with Gasteiger partial charge in [0.25, 0.3) is 0 Å². The van der Waals surface area contributed by atoms with E-state index in [0.29, 0.717) is 18.8 Å². The lowest BCUT2D eigenvalue weighted by Crippen LogP contribution is -2.50. The van der Waals surface area contributed by atoms with Gasteiger partial charge in [0.15, 0.2) is 0 Å². The zero-order valence-electron chi connectivity index (χ0n) is 16.1. The average molecular weight is 363 g/mol. The maximum absolute atomic E-state index is 12.1. The highest BCUT2D eigenvalue weighted by Crippen LogP contribution is 2.13. The minimum atomic E-state index is -0.472. The van der Waals surface area contributed by atoms with Crippen LogP contribution in [-0.2, 0) is 15.9 Å². The Bertz CT molecular complexity index is 602. The second kappa shape index (κ2) is 8.89. The van der Waals surface area contributed by atoms with Gasteiger partial charge < -0.3 is 14.4 Å². The number of nitrogens with one attached hydrogen (secondary N) is 1. The number of methoxy groups -OCH3 is 1. The highest BCUT2D eigenvalue weighted by atomic mass is 16.6. The summed E-state index contributed by atoms with van der Waals surface area (Å²) < 4.78 is 9.99. The van der Waals surface area contributed by atoms with E-state index in [4.69, 9.17) is 4.74 Å². The van der Waals surface area contributed by atoms with E-state index in [1.807, 2.05) is 45.0 Å². The Labute approximate surface area is 155 Å². The molecule has 144 valence electrons. The van der Waals surface area contributed by atoms with Crippen LogP contribution in [-0.4, -0.2) is 67.4 Å². The molecule has 26 heavy (non-hydrogen) atoms. The van der Waals surface area contributed by atoms with E-state index in [1.165, 1.54) is 12.7 Å². The minimum absolute atomic E-state index is 0.231. The second-order valence-corrected chi connectivity index (χ2v) is 7.37. The first kappa shape index (κ1) is 20.0. The summed E-state index contributed by atoms with van der Waals surface area (Å²) in [5.41, 5.74) is 1.46. The monoisotopic (exact) mass is 363 g/mol. The normalized spacial score (nSPS) is 15.5. The van der Waals surface area contributed by atoms with Gasteiger partial charge in [-0.05, 0) is 44.9 Å². The van der Waals surface area contributed by atoms with Crippen LogP contribution < -0.4 is 5.32 Å². The van der Waals surface area contributed by atoms with Gasteiger partial charge in [-0.2, -0.15) is 0 Å². The van der Waals surface area contributed by atoms with Crippen LogP contribution in [0.3, 0.4) is 0 Å². The molecule has 1 fully saturated rings.